The van der Waals surface area contributed by atoms with Crippen LogP contribution in [0.25, 0.3) is 12.2 Å². The van der Waals surface area contributed by atoms with Crippen LogP contribution in [-0.4, -0.2) is 12.4 Å². The van der Waals surface area contributed by atoms with Crippen molar-refractivity contribution < 1.29 is 18.3 Å². The molecule has 0 atom stereocenters. The van der Waals surface area contributed by atoms with Crippen molar-refractivity contribution in [2.24, 2.45) is 0 Å². The van der Waals surface area contributed by atoms with E-state index in [1.807, 2.05) is 30.3 Å². The van der Waals surface area contributed by atoms with Crippen LogP contribution in [0.2, 0.25) is 0 Å². The molecule has 0 N–H and O–H groups in total. The number of hydrogen-bond donors (Lipinski definition) is 0. The molecule has 0 radical (unpaired) electrons. The van der Waals surface area contributed by atoms with Gasteiger partial charge in [-0.1, -0.05) is 46.3 Å². The zero-order chi connectivity index (χ0) is 17.8. The molecular weight excluding hydrogens is 390 g/mol. The van der Waals surface area contributed by atoms with Gasteiger partial charge in [0.15, 0.2) is 5.78 Å². The molecule has 2 nitrogen and oxygen atoms in total. The Morgan fingerprint density at radius 1 is 0.960 bits per heavy atom. The first-order valence-corrected chi connectivity index (χ1v) is 8.57. The highest BCUT2D eigenvalue weighted by molar-refractivity contribution is 9.10. The maximum Gasteiger partial charge on any atom is 0.387 e. The number of Topliss-reactive ketones (excluding diaryl/α,β-unsaturated/α-hetero) is 1. The molecule has 0 aromatic heterocycles. The van der Waals surface area contributed by atoms with E-state index in [-0.39, 0.29) is 11.5 Å². The van der Waals surface area contributed by atoms with Crippen LogP contribution >= 0.6 is 15.9 Å². The van der Waals surface area contributed by atoms with Gasteiger partial charge in [-0.25, -0.2) is 0 Å². The molecular formula is C20H15BrF2O2. The van der Waals surface area contributed by atoms with Gasteiger partial charge in [0, 0.05) is 21.2 Å². The molecule has 0 heterocycles. The lowest BCUT2D eigenvalue weighted by Gasteiger charge is -2.08. The standard InChI is InChI=1S/C20H15BrF2O2/c21-17-9-5-13(6-10-17)11-15-7-8-16(19(15)24)12-14-3-1-2-4-18(14)25-20(22)23/h1-6,9-12,20H,7-8H2. The van der Waals surface area contributed by atoms with Crippen molar-refractivity contribution in [3.05, 3.63) is 75.3 Å². The summed E-state index contributed by atoms with van der Waals surface area (Å²) in [5, 5.41) is 0. The molecule has 2 aromatic carbocycles. The van der Waals surface area contributed by atoms with Crippen molar-refractivity contribution in [1.29, 1.82) is 0 Å². The summed E-state index contributed by atoms with van der Waals surface area (Å²) in [7, 11) is 0. The van der Waals surface area contributed by atoms with Crippen LogP contribution < -0.4 is 4.74 Å². The fourth-order valence-electron chi connectivity index (χ4n) is 2.73. The largest absolute Gasteiger partial charge is 0.434 e. The number of hydrogen-bond acceptors (Lipinski definition) is 2. The van der Waals surface area contributed by atoms with E-state index in [0.29, 0.717) is 24.0 Å². The Bertz CT molecular complexity index is 839. The molecule has 0 unspecified atom stereocenters. The summed E-state index contributed by atoms with van der Waals surface area (Å²) < 4.78 is 30.5. The molecule has 0 spiro atoms. The van der Waals surface area contributed by atoms with Gasteiger partial charge < -0.3 is 4.74 Å². The van der Waals surface area contributed by atoms with Crippen LogP contribution in [0, 0.1) is 0 Å². The molecule has 0 bridgehead atoms. The van der Waals surface area contributed by atoms with Crippen molar-refractivity contribution in [2.45, 2.75) is 19.5 Å². The van der Waals surface area contributed by atoms with Gasteiger partial charge >= 0.3 is 6.61 Å². The fourth-order valence-corrected chi connectivity index (χ4v) is 2.99. The lowest BCUT2D eigenvalue weighted by atomic mass is 10.1. The quantitative estimate of drug-likeness (QED) is 0.594. The summed E-state index contributed by atoms with van der Waals surface area (Å²) in [6.45, 7) is -2.90. The van der Waals surface area contributed by atoms with Gasteiger partial charge in [-0.15, -0.1) is 0 Å². The van der Waals surface area contributed by atoms with Crippen LogP contribution in [0.15, 0.2) is 64.1 Å². The molecule has 0 aliphatic heterocycles. The Labute approximate surface area is 152 Å². The van der Waals surface area contributed by atoms with Gasteiger partial charge in [0.25, 0.3) is 0 Å². The van der Waals surface area contributed by atoms with Gasteiger partial charge in [-0.2, -0.15) is 8.78 Å². The van der Waals surface area contributed by atoms with E-state index in [2.05, 4.69) is 20.7 Å². The highest BCUT2D eigenvalue weighted by atomic mass is 79.9. The van der Waals surface area contributed by atoms with E-state index in [1.165, 1.54) is 6.07 Å². The van der Waals surface area contributed by atoms with Crippen LogP contribution in [0.1, 0.15) is 24.0 Å². The van der Waals surface area contributed by atoms with Gasteiger partial charge in [-0.05, 0) is 48.8 Å². The van der Waals surface area contributed by atoms with Crippen molar-refractivity contribution in [2.75, 3.05) is 0 Å². The highest BCUT2D eigenvalue weighted by Crippen LogP contribution is 2.32. The Hall–Kier alpha value is -2.27. The Balaban J connectivity index is 1.85. The monoisotopic (exact) mass is 404 g/mol. The second-order valence-corrected chi connectivity index (χ2v) is 6.55. The summed E-state index contributed by atoms with van der Waals surface area (Å²) in [6, 6.07) is 14.2. The third-order valence-corrected chi connectivity index (χ3v) is 4.45. The van der Waals surface area contributed by atoms with E-state index in [1.54, 1.807) is 24.3 Å². The molecule has 0 saturated heterocycles. The highest BCUT2D eigenvalue weighted by Gasteiger charge is 2.23. The van der Waals surface area contributed by atoms with Crippen molar-refractivity contribution in [3.63, 3.8) is 0 Å². The zero-order valence-corrected chi connectivity index (χ0v) is 14.8. The van der Waals surface area contributed by atoms with Crippen LogP contribution in [0.4, 0.5) is 8.78 Å². The second-order valence-electron chi connectivity index (χ2n) is 5.64. The third kappa shape index (κ3) is 4.42. The topological polar surface area (TPSA) is 26.3 Å². The number of ether oxygens (including phenoxy) is 1. The summed E-state index contributed by atoms with van der Waals surface area (Å²) in [5.74, 6) is 0.0258. The normalized spacial score (nSPS) is 17.7. The summed E-state index contributed by atoms with van der Waals surface area (Å²) in [5.41, 5.74) is 2.76. The first kappa shape index (κ1) is 17.5. The van der Waals surface area contributed by atoms with E-state index >= 15 is 0 Å². The number of carbonyl (C=O) groups is 1. The van der Waals surface area contributed by atoms with Gasteiger partial charge in [0.05, 0.1) is 0 Å². The van der Waals surface area contributed by atoms with Crippen molar-refractivity contribution in [3.8, 4) is 5.75 Å². The molecule has 1 saturated carbocycles. The smallest absolute Gasteiger partial charge is 0.387 e. The van der Waals surface area contributed by atoms with E-state index in [4.69, 9.17) is 0 Å². The third-order valence-electron chi connectivity index (χ3n) is 3.92. The predicted molar refractivity (Wildman–Crippen MR) is 97.4 cm³/mol. The van der Waals surface area contributed by atoms with Crippen LogP contribution in [-0.2, 0) is 4.79 Å². The summed E-state index contributed by atoms with van der Waals surface area (Å²) >= 11 is 3.38. The number of carbonyl (C=O) groups excluding carboxylic acids is 1. The maximum atomic E-state index is 12.6. The number of rotatable bonds is 4. The Morgan fingerprint density at radius 2 is 1.60 bits per heavy atom. The average molecular weight is 405 g/mol. The Kier molecular flexibility index (Phi) is 5.43. The van der Waals surface area contributed by atoms with Crippen LogP contribution in [0.3, 0.4) is 0 Å². The number of allylic oxidation sites excluding steroid dienone is 2. The summed E-state index contributed by atoms with van der Waals surface area (Å²) in [6.07, 6.45) is 4.74. The molecule has 1 aliphatic carbocycles. The minimum atomic E-state index is -2.90. The Morgan fingerprint density at radius 3 is 2.28 bits per heavy atom. The number of halogens is 3. The lowest BCUT2D eigenvalue weighted by molar-refractivity contribution is -0.111. The SMILES string of the molecule is O=C1C(=Cc2ccc(Br)cc2)CCC1=Cc1ccccc1OC(F)F. The van der Waals surface area contributed by atoms with Crippen molar-refractivity contribution >= 4 is 33.9 Å². The van der Waals surface area contributed by atoms with E-state index < -0.39 is 6.61 Å². The fraction of sp³-hybridized carbons (Fsp3) is 0.150. The first-order chi connectivity index (χ1) is 12.0. The molecule has 3 rings (SSSR count). The predicted octanol–water partition coefficient (Wildman–Crippen LogP) is 5.88. The van der Waals surface area contributed by atoms with Crippen molar-refractivity contribution in [1.82, 2.24) is 0 Å². The van der Waals surface area contributed by atoms with Gasteiger partial charge in [0.1, 0.15) is 5.75 Å². The second kappa shape index (κ2) is 7.74. The molecule has 0 amide bonds. The van der Waals surface area contributed by atoms with E-state index in [9.17, 15) is 13.6 Å². The molecule has 128 valence electrons. The number of para-hydroxylation sites is 1. The average Bonchev–Trinajstić information content (AvgIpc) is 2.91. The first-order valence-electron chi connectivity index (χ1n) is 7.78. The number of benzene rings is 2. The molecule has 1 aliphatic rings. The summed E-state index contributed by atoms with van der Waals surface area (Å²) in [4.78, 5) is 12.6. The number of alkyl halides is 2. The van der Waals surface area contributed by atoms with Crippen LogP contribution in [0.5, 0.6) is 5.75 Å². The van der Waals surface area contributed by atoms with E-state index in [0.717, 1.165) is 15.6 Å². The molecule has 2 aromatic rings. The molecule has 25 heavy (non-hydrogen) atoms. The van der Waals surface area contributed by atoms with Gasteiger partial charge in [-0.3, -0.25) is 4.79 Å². The molecule has 5 heteroatoms. The minimum absolute atomic E-state index is 0.0465. The maximum absolute atomic E-state index is 12.6. The van der Waals surface area contributed by atoms with Gasteiger partial charge in [0.2, 0.25) is 0 Å². The minimum Gasteiger partial charge on any atom is -0.434 e. The lowest BCUT2D eigenvalue weighted by Crippen LogP contribution is -2.03. The number of ketones is 1. The zero-order valence-electron chi connectivity index (χ0n) is 13.2. The molecule has 1 fully saturated rings.